The van der Waals surface area contributed by atoms with Crippen LogP contribution in [0, 0.1) is 17.2 Å². The molecule has 112 valence electrons. The molecule has 0 aliphatic rings. The number of amides is 1. The minimum atomic E-state index is -1.78. The minimum Gasteiger partial charge on any atom is -0.372 e. The van der Waals surface area contributed by atoms with Crippen LogP contribution >= 0.6 is 0 Å². The maximum atomic E-state index is 12.6. The van der Waals surface area contributed by atoms with Crippen molar-refractivity contribution >= 4 is 5.91 Å². The van der Waals surface area contributed by atoms with E-state index in [9.17, 15) is 9.90 Å². The Morgan fingerprint density at radius 2 is 1.59 bits per heavy atom. The molecule has 0 aromatic heterocycles. The molecule has 2 N–H and O–H groups in total. The van der Waals surface area contributed by atoms with E-state index in [1.807, 2.05) is 12.1 Å². The van der Waals surface area contributed by atoms with E-state index in [4.69, 9.17) is 5.26 Å². The molecule has 22 heavy (non-hydrogen) atoms. The fourth-order valence-electron chi connectivity index (χ4n) is 2.21. The van der Waals surface area contributed by atoms with Gasteiger partial charge >= 0.3 is 0 Å². The van der Waals surface area contributed by atoms with Gasteiger partial charge in [-0.05, 0) is 18.1 Å². The molecule has 0 radical (unpaired) electrons. The summed E-state index contributed by atoms with van der Waals surface area (Å²) in [6.45, 7) is 1.90. The van der Waals surface area contributed by atoms with E-state index in [0.29, 0.717) is 11.1 Å². The van der Waals surface area contributed by atoms with Crippen LogP contribution in [0.25, 0.3) is 0 Å². The van der Waals surface area contributed by atoms with E-state index >= 15 is 0 Å². The molecule has 0 aliphatic carbocycles. The highest BCUT2D eigenvalue weighted by molar-refractivity contribution is 5.90. The van der Waals surface area contributed by atoms with Crippen LogP contribution in [0.15, 0.2) is 60.7 Å². The molecule has 2 aromatic rings. The molecule has 0 heterocycles. The molecule has 2 rings (SSSR count). The lowest BCUT2D eigenvalue weighted by Crippen LogP contribution is -2.46. The molecule has 1 unspecified atom stereocenters. The van der Waals surface area contributed by atoms with Gasteiger partial charge in [0.2, 0.25) is 0 Å². The van der Waals surface area contributed by atoms with Gasteiger partial charge in [0.15, 0.2) is 5.60 Å². The predicted octanol–water partition coefficient (Wildman–Crippen LogP) is 2.20. The number of hydrogen-bond donors (Lipinski definition) is 2. The Kier molecular flexibility index (Phi) is 4.92. The number of carbonyl (C=O) groups is 1. The fourth-order valence-corrected chi connectivity index (χ4v) is 2.21. The predicted molar refractivity (Wildman–Crippen MR) is 83.7 cm³/mol. The Bertz CT molecular complexity index is 623. The Hall–Kier alpha value is -2.64. The highest BCUT2D eigenvalue weighted by Gasteiger charge is 2.39. The van der Waals surface area contributed by atoms with Gasteiger partial charge in [-0.3, -0.25) is 4.79 Å². The second-order valence-electron chi connectivity index (χ2n) is 5.18. The summed E-state index contributed by atoms with van der Waals surface area (Å²) >= 11 is 0. The summed E-state index contributed by atoms with van der Waals surface area (Å²) in [4.78, 5) is 12.6. The van der Waals surface area contributed by atoms with Gasteiger partial charge in [0, 0.05) is 6.54 Å². The van der Waals surface area contributed by atoms with Crippen molar-refractivity contribution in [3.8, 4) is 6.07 Å². The first kappa shape index (κ1) is 15.7. The van der Waals surface area contributed by atoms with Crippen LogP contribution in [0.3, 0.4) is 0 Å². The molecule has 0 aliphatic heterocycles. The molecule has 4 heteroatoms. The van der Waals surface area contributed by atoms with Gasteiger partial charge in [0.25, 0.3) is 5.91 Å². The van der Waals surface area contributed by atoms with Gasteiger partial charge in [-0.2, -0.15) is 5.26 Å². The SMILES string of the molecule is CC(C#N)CNC(=O)C(O)(c1ccccc1)c1ccccc1. The monoisotopic (exact) mass is 294 g/mol. The quantitative estimate of drug-likeness (QED) is 0.888. The van der Waals surface area contributed by atoms with Gasteiger partial charge < -0.3 is 10.4 Å². The van der Waals surface area contributed by atoms with E-state index in [1.54, 1.807) is 55.5 Å². The first-order chi connectivity index (χ1) is 10.6. The van der Waals surface area contributed by atoms with Crippen molar-refractivity contribution in [1.82, 2.24) is 5.32 Å². The summed E-state index contributed by atoms with van der Waals surface area (Å²) in [5.74, 6) is -0.855. The van der Waals surface area contributed by atoms with Gasteiger partial charge in [-0.1, -0.05) is 60.7 Å². The smallest absolute Gasteiger partial charge is 0.261 e. The molecule has 1 atom stereocenters. The van der Waals surface area contributed by atoms with Crippen molar-refractivity contribution in [2.75, 3.05) is 6.54 Å². The van der Waals surface area contributed by atoms with E-state index in [2.05, 4.69) is 11.4 Å². The van der Waals surface area contributed by atoms with Crippen molar-refractivity contribution in [2.45, 2.75) is 12.5 Å². The molecule has 4 nitrogen and oxygen atoms in total. The molecule has 2 aromatic carbocycles. The van der Waals surface area contributed by atoms with Crippen LogP contribution < -0.4 is 5.32 Å². The van der Waals surface area contributed by atoms with E-state index < -0.39 is 11.5 Å². The number of nitrogens with one attached hydrogen (secondary N) is 1. The highest BCUT2D eigenvalue weighted by atomic mass is 16.3. The van der Waals surface area contributed by atoms with Gasteiger partial charge in [-0.15, -0.1) is 0 Å². The van der Waals surface area contributed by atoms with E-state index in [0.717, 1.165) is 0 Å². The third kappa shape index (κ3) is 3.16. The number of benzene rings is 2. The lowest BCUT2D eigenvalue weighted by Gasteiger charge is -2.28. The molecular formula is C18H18N2O2. The summed E-state index contributed by atoms with van der Waals surface area (Å²) < 4.78 is 0. The van der Waals surface area contributed by atoms with Crippen LogP contribution in [-0.2, 0) is 10.4 Å². The molecule has 0 spiro atoms. The third-order valence-electron chi connectivity index (χ3n) is 3.50. The number of nitrogens with zero attached hydrogens (tertiary/aromatic N) is 1. The zero-order valence-electron chi connectivity index (χ0n) is 12.4. The lowest BCUT2D eigenvalue weighted by molar-refractivity contribution is -0.136. The molecule has 1 amide bonds. The second-order valence-corrected chi connectivity index (χ2v) is 5.18. The largest absolute Gasteiger partial charge is 0.372 e. The lowest BCUT2D eigenvalue weighted by atomic mass is 9.85. The van der Waals surface area contributed by atoms with Gasteiger partial charge in [0.05, 0.1) is 12.0 Å². The summed E-state index contributed by atoms with van der Waals surface area (Å²) in [5.41, 5.74) is -0.802. The molecule has 0 fully saturated rings. The number of hydrogen-bond acceptors (Lipinski definition) is 3. The first-order valence-corrected chi connectivity index (χ1v) is 7.10. The molecular weight excluding hydrogens is 276 g/mol. The number of nitriles is 1. The zero-order valence-corrected chi connectivity index (χ0v) is 12.4. The van der Waals surface area contributed by atoms with Gasteiger partial charge in [-0.25, -0.2) is 0 Å². The van der Waals surface area contributed by atoms with Crippen LogP contribution in [0.1, 0.15) is 18.1 Å². The third-order valence-corrected chi connectivity index (χ3v) is 3.50. The number of aliphatic hydroxyl groups is 1. The first-order valence-electron chi connectivity index (χ1n) is 7.10. The van der Waals surface area contributed by atoms with Crippen molar-refractivity contribution in [1.29, 1.82) is 5.26 Å². The molecule has 0 saturated heterocycles. The minimum absolute atomic E-state index is 0.192. The normalized spacial score (nSPS) is 12.2. The number of carbonyl (C=O) groups excluding carboxylic acids is 1. The van der Waals surface area contributed by atoms with Crippen molar-refractivity contribution in [3.05, 3.63) is 71.8 Å². The van der Waals surface area contributed by atoms with E-state index in [1.165, 1.54) is 0 Å². The van der Waals surface area contributed by atoms with Crippen LogP contribution in [0.5, 0.6) is 0 Å². The topological polar surface area (TPSA) is 73.1 Å². The average molecular weight is 294 g/mol. The van der Waals surface area contributed by atoms with Crippen molar-refractivity contribution in [2.24, 2.45) is 5.92 Å². The van der Waals surface area contributed by atoms with Gasteiger partial charge in [0.1, 0.15) is 0 Å². The molecule has 0 bridgehead atoms. The Morgan fingerprint density at radius 3 is 2.00 bits per heavy atom. The standard InChI is InChI=1S/C18H18N2O2/c1-14(12-19)13-20-17(21)18(22,15-8-4-2-5-9-15)16-10-6-3-7-11-16/h2-11,14,22H,13H2,1H3,(H,20,21). The highest BCUT2D eigenvalue weighted by Crippen LogP contribution is 2.29. The number of rotatable bonds is 5. The van der Waals surface area contributed by atoms with Crippen molar-refractivity contribution in [3.63, 3.8) is 0 Å². The second kappa shape index (κ2) is 6.88. The Labute approximate surface area is 130 Å². The van der Waals surface area contributed by atoms with Crippen molar-refractivity contribution < 1.29 is 9.90 Å². The fraction of sp³-hybridized carbons (Fsp3) is 0.222. The zero-order chi connectivity index (χ0) is 16.0. The van der Waals surface area contributed by atoms with Crippen LogP contribution in [-0.4, -0.2) is 17.6 Å². The summed E-state index contributed by atoms with van der Waals surface area (Å²) in [6.07, 6.45) is 0. The van der Waals surface area contributed by atoms with Crippen LogP contribution in [0.2, 0.25) is 0 Å². The summed E-state index contributed by atoms with van der Waals surface area (Å²) in [5, 5.41) is 22.6. The Morgan fingerprint density at radius 1 is 1.14 bits per heavy atom. The average Bonchev–Trinajstić information content (AvgIpc) is 2.60. The van der Waals surface area contributed by atoms with Crippen LogP contribution in [0.4, 0.5) is 0 Å². The molecule has 0 saturated carbocycles. The maximum absolute atomic E-state index is 12.6. The summed E-state index contributed by atoms with van der Waals surface area (Å²) in [7, 11) is 0. The Balaban J connectivity index is 2.39. The van der Waals surface area contributed by atoms with E-state index in [-0.39, 0.29) is 12.5 Å². The summed E-state index contributed by atoms with van der Waals surface area (Å²) in [6, 6.07) is 19.6. The maximum Gasteiger partial charge on any atom is 0.261 e.